The Labute approximate surface area is 249 Å². The van der Waals surface area contributed by atoms with Crippen molar-refractivity contribution in [2.75, 3.05) is 18.0 Å². The third-order valence-electron chi connectivity index (χ3n) is 6.15. The molecule has 0 aliphatic carbocycles. The number of nitrogens with zero attached hydrogens (tertiary/aromatic N) is 2. The first-order valence-corrected chi connectivity index (χ1v) is 15.2. The fraction of sp³-hybridized carbons (Fsp3) is 0.310. The van der Waals surface area contributed by atoms with E-state index < -0.39 is 28.5 Å². The minimum atomic E-state index is -4.21. The van der Waals surface area contributed by atoms with Crippen molar-refractivity contribution < 1.29 is 22.7 Å². The maximum absolute atomic E-state index is 14.0. The van der Waals surface area contributed by atoms with Gasteiger partial charge >= 0.3 is 0 Å². The quantitative estimate of drug-likeness (QED) is 0.293. The SMILES string of the molecule is COc1ccc(S(=O)(=O)N(CC(=O)N(Cc2cccc(Cl)c2)C(C)C(=O)NC(C)C)c2ccc(C)cc2)cc1Br. The number of aryl methyl sites for hydroxylation is 1. The zero-order chi connectivity index (χ0) is 29.6. The van der Waals surface area contributed by atoms with Gasteiger partial charge in [-0.15, -0.1) is 0 Å². The van der Waals surface area contributed by atoms with Gasteiger partial charge in [-0.05, 0) is 91.7 Å². The molecule has 3 rings (SSSR count). The molecule has 0 saturated heterocycles. The molecule has 214 valence electrons. The van der Waals surface area contributed by atoms with Gasteiger partial charge in [0.15, 0.2) is 0 Å². The number of hydrogen-bond donors (Lipinski definition) is 1. The molecule has 0 saturated carbocycles. The number of nitrogens with one attached hydrogen (secondary N) is 1. The average molecular weight is 651 g/mol. The molecule has 1 atom stereocenters. The Morgan fingerprint density at radius 3 is 2.27 bits per heavy atom. The zero-order valence-electron chi connectivity index (χ0n) is 23.0. The van der Waals surface area contributed by atoms with Crippen LogP contribution in [0.3, 0.4) is 0 Å². The molecule has 0 bridgehead atoms. The van der Waals surface area contributed by atoms with Crippen molar-refractivity contribution in [2.45, 2.75) is 51.2 Å². The maximum Gasteiger partial charge on any atom is 0.264 e. The summed E-state index contributed by atoms with van der Waals surface area (Å²) < 4.78 is 34.7. The van der Waals surface area contributed by atoms with Crippen LogP contribution in [0.2, 0.25) is 5.02 Å². The van der Waals surface area contributed by atoms with Gasteiger partial charge in [0.2, 0.25) is 11.8 Å². The highest BCUT2D eigenvalue weighted by molar-refractivity contribution is 9.10. The van der Waals surface area contributed by atoms with Crippen LogP contribution in [-0.2, 0) is 26.2 Å². The van der Waals surface area contributed by atoms with Gasteiger partial charge in [0, 0.05) is 17.6 Å². The third kappa shape index (κ3) is 7.77. The normalized spacial score (nSPS) is 12.1. The first-order chi connectivity index (χ1) is 18.8. The summed E-state index contributed by atoms with van der Waals surface area (Å²) in [6.45, 7) is 6.68. The molecule has 2 amide bonds. The molecule has 0 spiro atoms. The highest BCUT2D eigenvalue weighted by Gasteiger charge is 2.33. The Balaban J connectivity index is 2.05. The summed E-state index contributed by atoms with van der Waals surface area (Å²) in [4.78, 5) is 28.3. The monoisotopic (exact) mass is 649 g/mol. The number of carbonyl (C=O) groups is 2. The van der Waals surface area contributed by atoms with E-state index in [-0.39, 0.29) is 23.4 Å². The van der Waals surface area contributed by atoms with Crippen LogP contribution < -0.4 is 14.4 Å². The Bertz CT molecular complexity index is 1460. The molecule has 0 radical (unpaired) electrons. The molecule has 40 heavy (non-hydrogen) atoms. The molecule has 8 nitrogen and oxygen atoms in total. The molecular weight excluding hydrogens is 618 g/mol. The number of halogens is 2. The van der Waals surface area contributed by atoms with Crippen LogP contribution in [-0.4, -0.2) is 50.9 Å². The number of sulfonamides is 1. The number of anilines is 1. The van der Waals surface area contributed by atoms with Crippen molar-refractivity contribution in [3.05, 3.63) is 87.4 Å². The number of benzene rings is 3. The molecule has 3 aromatic carbocycles. The van der Waals surface area contributed by atoms with E-state index in [1.165, 1.54) is 30.2 Å². The van der Waals surface area contributed by atoms with Gasteiger partial charge in [0.25, 0.3) is 10.0 Å². The van der Waals surface area contributed by atoms with Crippen molar-refractivity contribution >= 4 is 55.1 Å². The number of methoxy groups -OCH3 is 1. The van der Waals surface area contributed by atoms with E-state index in [9.17, 15) is 18.0 Å². The number of hydrogen-bond acceptors (Lipinski definition) is 5. The zero-order valence-corrected chi connectivity index (χ0v) is 26.2. The Morgan fingerprint density at radius 2 is 1.70 bits per heavy atom. The number of carbonyl (C=O) groups excluding carboxylic acids is 2. The molecule has 0 aromatic heterocycles. The van der Waals surface area contributed by atoms with Crippen LogP contribution in [0.25, 0.3) is 0 Å². The predicted octanol–water partition coefficient (Wildman–Crippen LogP) is 5.56. The van der Waals surface area contributed by atoms with Gasteiger partial charge in [0.1, 0.15) is 18.3 Å². The van der Waals surface area contributed by atoms with Crippen LogP contribution in [0.5, 0.6) is 5.75 Å². The molecule has 11 heteroatoms. The summed E-state index contributed by atoms with van der Waals surface area (Å²) in [5.74, 6) is -0.438. The number of amides is 2. The van der Waals surface area contributed by atoms with E-state index in [2.05, 4.69) is 21.2 Å². The summed E-state index contributed by atoms with van der Waals surface area (Å²) >= 11 is 9.52. The van der Waals surface area contributed by atoms with Crippen molar-refractivity contribution in [1.82, 2.24) is 10.2 Å². The predicted molar refractivity (Wildman–Crippen MR) is 161 cm³/mol. The van der Waals surface area contributed by atoms with Gasteiger partial charge < -0.3 is 15.0 Å². The van der Waals surface area contributed by atoms with E-state index in [0.29, 0.717) is 26.5 Å². The first kappa shape index (κ1) is 31.4. The highest BCUT2D eigenvalue weighted by atomic mass is 79.9. The van der Waals surface area contributed by atoms with Gasteiger partial charge in [-0.3, -0.25) is 13.9 Å². The van der Waals surface area contributed by atoms with Crippen LogP contribution >= 0.6 is 27.5 Å². The number of ether oxygens (including phenoxy) is 1. The van der Waals surface area contributed by atoms with Crippen molar-refractivity contribution in [3.8, 4) is 5.75 Å². The standard InChI is InChI=1S/C29H33BrClN3O5S/c1-19(2)32-29(36)21(4)33(17-22-7-6-8-23(31)15-22)28(35)18-34(24-11-9-20(3)10-12-24)40(37,38)25-13-14-27(39-5)26(30)16-25/h6-16,19,21H,17-18H2,1-5H3,(H,32,36). The van der Waals surface area contributed by atoms with Crippen LogP contribution in [0, 0.1) is 6.92 Å². The summed E-state index contributed by atoms with van der Waals surface area (Å²) in [5, 5.41) is 3.32. The Morgan fingerprint density at radius 1 is 1.02 bits per heavy atom. The van der Waals surface area contributed by atoms with E-state index in [1.54, 1.807) is 55.5 Å². The summed E-state index contributed by atoms with van der Waals surface area (Å²) in [5.41, 5.74) is 1.95. The van der Waals surface area contributed by atoms with Crippen molar-refractivity contribution in [3.63, 3.8) is 0 Å². The Kier molecular flexibility index (Phi) is 10.6. The lowest BCUT2D eigenvalue weighted by Crippen LogP contribution is -2.52. The lowest BCUT2D eigenvalue weighted by atomic mass is 10.1. The highest BCUT2D eigenvalue weighted by Crippen LogP contribution is 2.31. The Hall–Kier alpha value is -3.08. The largest absolute Gasteiger partial charge is 0.496 e. The minimum Gasteiger partial charge on any atom is -0.496 e. The van der Waals surface area contributed by atoms with Crippen LogP contribution in [0.15, 0.2) is 76.1 Å². The summed E-state index contributed by atoms with van der Waals surface area (Å²) in [6, 6.07) is 17.2. The van der Waals surface area contributed by atoms with Gasteiger partial charge in [-0.1, -0.05) is 41.4 Å². The topological polar surface area (TPSA) is 96.0 Å². The summed E-state index contributed by atoms with van der Waals surface area (Å²) in [7, 11) is -2.73. The lowest BCUT2D eigenvalue weighted by molar-refractivity contribution is -0.139. The van der Waals surface area contributed by atoms with E-state index in [0.717, 1.165) is 9.87 Å². The summed E-state index contributed by atoms with van der Waals surface area (Å²) in [6.07, 6.45) is 0. The molecule has 1 N–H and O–H groups in total. The van der Waals surface area contributed by atoms with Gasteiger partial charge in [-0.25, -0.2) is 8.42 Å². The lowest BCUT2D eigenvalue weighted by Gasteiger charge is -2.32. The molecule has 0 fully saturated rings. The van der Waals surface area contributed by atoms with E-state index in [1.807, 2.05) is 20.8 Å². The molecule has 1 unspecified atom stereocenters. The minimum absolute atomic E-state index is 0.0273. The average Bonchev–Trinajstić information content (AvgIpc) is 2.90. The van der Waals surface area contributed by atoms with E-state index >= 15 is 0 Å². The maximum atomic E-state index is 14.0. The van der Waals surface area contributed by atoms with Crippen LogP contribution in [0.1, 0.15) is 31.9 Å². The molecule has 0 aliphatic rings. The van der Waals surface area contributed by atoms with Crippen molar-refractivity contribution in [2.24, 2.45) is 0 Å². The molecule has 3 aromatic rings. The smallest absolute Gasteiger partial charge is 0.264 e. The first-order valence-electron chi connectivity index (χ1n) is 12.6. The second-order valence-corrected chi connectivity index (χ2v) is 12.8. The second kappa shape index (κ2) is 13.5. The second-order valence-electron chi connectivity index (χ2n) is 9.63. The van der Waals surface area contributed by atoms with Gasteiger partial charge in [0.05, 0.1) is 22.2 Å². The fourth-order valence-electron chi connectivity index (χ4n) is 3.99. The van der Waals surface area contributed by atoms with E-state index in [4.69, 9.17) is 16.3 Å². The molecular formula is C29H33BrClN3O5S. The third-order valence-corrected chi connectivity index (χ3v) is 8.78. The van der Waals surface area contributed by atoms with Gasteiger partial charge in [-0.2, -0.15) is 0 Å². The molecule has 0 heterocycles. The fourth-order valence-corrected chi connectivity index (χ4v) is 6.34. The molecule has 0 aliphatic heterocycles. The number of rotatable bonds is 11. The van der Waals surface area contributed by atoms with Crippen molar-refractivity contribution in [1.29, 1.82) is 0 Å². The van der Waals surface area contributed by atoms with Crippen LogP contribution in [0.4, 0.5) is 5.69 Å².